The molecule has 2 rings (SSSR count). The fraction of sp³-hybridized carbons (Fsp3) is 0.0909. The van der Waals surface area contributed by atoms with Crippen molar-refractivity contribution in [2.24, 2.45) is 0 Å². The maximum atomic E-state index is 5.43. The monoisotopic (exact) mass is 280 g/mol. The van der Waals surface area contributed by atoms with Gasteiger partial charge in [-0.3, -0.25) is 0 Å². The van der Waals surface area contributed by atoms with E-state index >= 15 is 0 Å². The van der Waals surface area contributed by atoms with Crippen LogP contribution in [0.2, 0.25) is 0 Å². The summed E-state index contributed by atoms with van der Waals surface area (Å²) in [6.45, 7) is 0. The Bertz CT molecular complexity index is 456. The van der Waals surface area contributed by atoms with Crippen LogP contribution in [-0.4, -0.2) is 17.1 Å². The summed E-state index contributed by atoms with van der Waals surface area (Å²) in [4.78, 5) is 8.01. The Hall–Kier alpha value is -1.62. The molecule has 82 valence electrons. The molecule has 1 aromatic heterocycles. The predicted molar refractivity (Wildman–Crippen MR) is 62.8 cm³/mol. The van der Waals surface area contributed by atoms with Gasteiger partial charge in [0, 0.05) is 12.4 Å². The van der Waals surface area contributed by atoms with E-state index in [-0.39, 0.29) is 0 Å². The van der Waals surface area contributed by atoms with E-state index in [1.165, 1.54) is 0 Å². The SMILES string of the molecule is COc1ccc(Oc2ncc(Br)cn2)cc1. The van der Waals surface area contributed by atoms with Crippen LogP contribution in [0.25, 0.3) is 0 Å². The van der Waals surface area contributed by atoms with Crippen molar-refractivity contribution >= 4 is 15.9 Å². The molecule has 0 radical (unpaired) electrons. The van der Waals surface area contributed by atoms with Crippen molar-refractivity contribution in [1.82, 2.24) is 9.97 Å². The first-order valence-corrected chi connectivity index (χ1v) is 5.36. The van der Waals surface area contributed by atoms with Crippen molar-refractivity contribution in [2.75, 3.05) is 7.11 Å². The van der Waals surface area contributed by atoms with Crippen molar-refractivity contribution in [1.29, 1.82) is 0 Å². The first kappa shape index (κ1) is 10.9. The van der Waals surface area contributed by atoms with Gasteiger partial charge in [-0.1, -0.05) is 0 Å². The van der Waals surface area contributed by atoms with E-state index in [1.807, 2.05) is 12.1 Å². The first-order valence-electron chi connectivity index (χ1n) is 4.57. The van der Waals surface area contributed by atoms with Crippen LogP contribution in [0.4, 0.5) is 0 Å². The maximum absolute atomic E-state index is 5.43. The van der Waals surface area contributed by atoms with Crippen molar-refractivity contribution in [3.05, 3.63) is 41.1 Å². The number of hydrogen-bond donors (Lipinski definition) is 0. The number of benzene rings is 1. The van der Waals surface area contributed by atoms with Gasteiger partial charge in [-0.15, -0.1) is 0 Å². The minimum atomic E-state index is 0.313. The minimum Gasteiger partial charge on any atom is -0.497 e. The van der Waals surface area contributed by atoms with Gasteiger partial charge in [-0.2, -0.15) is 0 Å². The van der Waals surface area contributed by atoms with Crippen LogP contribution in [-0.2, 0) is 0 Å². The lowest BCUT2D eigenvalue weighted by atomic mass is 10.3. The lowest BCUT2D eigenvalue weighted by Gasteiger charge is -2.04. The Morgan fingerprint density at radius 3 is 2.12 bits per heavy atom. The largest absolute Gasteiger partial charge is 0.497 e. The van der Waals surface area contributed by atoms with Gasteiger partial charge in [0.1, 0.15) is 11.5 Å². The Kier molecular flexibility index (Phi) is 3.36. The highest BCUT2D eigenvalue weighted by atomic mass is 79.9. The molecule has 0 amide bonds. The van der Waals surface area contributed by atoms with E-state index in [9.17, 15) is 0 Å². The number of nitrogens with zero attached hydrogens (tertiary/aromatic N) is 2. The quantitative estimate of drug-likeness (QED) is 0.867. The number of methoxy groups -OCH3 is 1. The average Bonchev–Trinajstić information content (AvgIpc) is 2.33. The number of hydrogen-bond acceptors (Lipinski definition) is 4. The molecule has 1 aromatic carbocycles. The summed E-state index contributed by atoms with van der Waals surface area (Å²) < 4.78 is 11.3. The fourth-order valence-electron chi connectivity index (χ4n) is 1.10. The zero-order valence-electron chi connectivity index (χ0n) is 8.55. The number of rotatable bonds is 3. The molecular weight excluding hydrogens is 272 g/mol. The molecule has 16 heavy (non-hydrogen) atoms. The lowest BCUT2D eigenvalue weighted by molar-refractivity contribution is 0.410. The van der Waals surface area contributed by atoms with Crippen molar-refractivity contribution in [2.45, 2.75) is 0 Å². The van der Waals surface area contributed by atoms with E-state index in [4.69, 9.17) is 9.47 Å². The van der Waals surface area contributed by atoms with Crippen molar-refractivity contribution in [3.63, 3.8) is 0 Å². The molecule has 2 aromatic rings. The molecule has 4 nitrogen and oxygen atoms in total. The summed E-state index contributed by atoms with van der Waals surface area (Å²) in [7, 11) is 1.62. The van der Waals surface area contributed by atoms with Gasteiger partial charge < -0.3 is 9.47 Å². The molecule has 0 spiro atoms. The topological polar surface area (TPSA) is 44.2 Å². The van der Waals surface area contributed by atoms with Crippen LogP contribution >= 0.6 is 15.9 Å². The van der Waals surface area contributed by atoms with Crippen LogP contribution in [0.3, 0.4) is 0 Å². The zero-order chi connectivity index (χ0) is 11.4. The van der Waals surface area contributed by atoms with Crippen LogP contribution < -0.4 is 9.47 Å². The third-order valence-electron chi connectivity index (χ3n) is 1.87. The summed E-state index contributed by atoms with van der Waals surface area (Å²) >= 11 is 3.25. The minimum absolute atomic E-state index is 0.313. The molecular formula is C11H9BrN2O2. The molecule has 0 aliphatic carbocycles. The van der Waals surface area contributed by atoms with Crippen LogP contribution in [0.1, 0.15) is 0 Å². The van der Waals surface area contributed by atoms with Gasteiger partial charge in [0.05, 0.1) is 11.6 Å². The standard InChI is InChI=1S/C11H9BrN2O2/c1-15-9-2-4-10(5-3-9)16-11-13-6-8(12)7-14-11/h2-7H,1H3. The molecule has 0 N–H and O–H groups in total. The summed E-state index contributed by atoms with van der Waals surface area (Å²) in [6.07, 6.45) is 3.26. The number of ether oxygens (including phenoxy) is 2. The fourth-order valence-corrected chi connectivity index (χ4v) is 1.31. The summed E-state index contributed by atoms with van der Waals surface area (Å²) in [5.74, 6) is 1.45. The molecule has 0 saturated carbocycles. The molecule has 1 heterocycles. The van der Waals surface area contributed by atoms with E-state index in [0.29, 0.717) is 11.8 Å². The van der Waals surface area contributed by atoms with Gasteiger partial charge in [0.15, 0.2) is 0 Å². The second-order valence-corrected chi connectivity index (χ2v) is 3.88. The van der Waals surface area contributed by atoms with E-state index < -0.39 is 0 Å². The maximum Gasteiger partial charge on any atom is 0.321 e. The first-order chi connectivity index (χ1) is 7.78. The molecule has 0 bridgehead atoms. The molecule has 0 aliphatic heterocycles. The van der Waals surface area contributed by atoms with Gasteiger partial charge in [-0.05, 0) is 40.2 Å². The molecule has 5 heteroatoms. The van der Waals surface area contributed by atoms with Gasteiger partial charge in [0.25, 0.3) is 0 Å². The highest BCUT2D eigenvalue weighted by Crippen LogP contribution is 2.21. The number of halogens is 1. The van der Waals surface area contributed by atoms with Gasteiger partial charge in [-0.25, -0.2) is 9.97 Å². The second kappa shape index (κ2) is 4.94. The summed E-state index contributed by atoms with van der Waals surface area (Å²) in [5, 5.41) is 0. The highest BCUT2D eigenvalue weighted by Gasteiger charge is 2.00. The smallest absolute Gasteiger partial charge is 0.321 e. The molecule has 0 aliphatic rings. The molecule has 0 atom stereocenters. The molecule has 0 fully saturated rings. The normalized spacial score (nSPS) is 9.88. The van der Waals surface area contributed by atoms with Crippen molar-refractivity contribution in [3.8, 4) is 17.5 Å². The summed E-state index contributed by atoms with van der Waals surface area (Å²) in [5.41, 5.74) is 0. The van der Waals surface area contributed by atoms with Gasteiger partial charge in [0.2, 0.25) is 0 Å². The Morgan fingerprint density at radius 1 is 1.00 bits per heavy atom. The third kappa shape index (κ3) is 2.70. The lowest BCUT2D eigenvalue weighted by Crippen LogP contribution is -1.91. The van der Waals surface area contributed by atoms with E-state index in [2.05, 4.69) is 25.9 Å². The average molecular weight is 281 g/mol. The van der Waals surface area contributed by atoms with Gasteiger partial charge >= 0.3 is 6.01 Å². The van der Waals surface area contributed by atoms with Crippen molar-refractivity contribution < 1.29 is 9.47 Å². The second-order valence-electron chi connectivity index (χ2n) is 2.96. The zero-order valence-corrected chi connectivity index (χ0v) is 10.1. The Labute approximate surface area is 101 Å². The number of aromatic nitrogens is 2. The Balaban J connectivity index is 2.11. The van der Waals surface area contributed by atoms with Crippen LogP contribution in [0.5, 0.6) is 17.5 Å². The van der Waals surface area contributed by atoms with E-state index in [1.54, 1.807) is 31.6 Å². The highest BCUT2D eigenvalue weighted by molar-refractivity contribution is 9.10. The van der Waals surface area contributed by atoms with Crippen LogP contribution in [0, 0.1) is 0 Å². The van der Waals surface area contributed by atoms with E-state index in [0.717, 1.165) is 10.2 Å². The third-order valence-corrected chi connectivity index (χ3v) is 2.27. The molecule has 0 unspecified atom stereocenters. The Morgan fingerprint density at radius 2 is 1.56 bits per heavy atom. The molecule has 0 saturated heterocycles. The predicted octanol–water partition coefficient (Wildman–Crippen LogP) is 3.04. The van der Waals surface area contributed by atoms with Crippen LogP contribution in [0.15, 0.2) is 41.1 Å². The summed E-state index contributed by atoms with van der Waals surface area (Å²) in [6, 6.07) is 7.53.